The minimum atomic E-state index is -1.81. The van der Waals surface area contributed by atoms with Crippen molar-refractivity contribution in [1.29, 1.82) is 0 Å². The normalized spacial score (nSPS) is 19.4. The molecule has 13 atom stereocenters. The highest BCUT2D eigenvalue weighted by molar-refractivity contribution is 7.80. The number of aliphatic hydroxyl groups is 2. The summed E-state index contributed by atoms with van der Waals surface area (Å²) in [6.07, 6.45) is -1.46. The molecule has 0 aromatic rings. The number of amides is 12. The largest absolute Gasteiger partial charge is 0.480 e. The molecule has 2 saturated heterocycles. The van der Waals surface area contributed by atoms with Crippen LogP contribution in [0.15, 0.2) is 0 Å². The number of aliphatic carboxylic acids is 1. The summed E-state index contributed by atoms with van der Waals surface area (Å²) in [4.78, 5) is 173. The Kier molecular flexibility index (Phi) is 28.3. The van der Waals surface area contributed by atoms with Crippen LogP contribution in [0.3, 0.4) is 0 Å². The average Bonchev–Trinajstić information content (AvgIpc) is 4.08. The molecule has 2 aliphatic heterocycles. The number of carbonyl (C=O) groups excluding carboxylic acids is 12. The van der Waals surface area contributed by atoms with Crippen LogP contribution < -0.4 is 59.7 Å². The first-order valence-corrected chi connectivity index (χ1v) is 26.9. The van der Waals surface area contributed by atoms with Crippen LogP contribution in [0.25, 0.3) is 0 Å². The third kappa shape index (κ3) is 20.5. The summed E-state index contributed by atoms with van der Waals surface area (Å²) in [6, 6.07) is -15.4. The number of likely N-dealkylation sites (tertiary alicyclic amines) is 2. The maximum Gasteiger partial charge on any atom is 0.326 e. The number of carbonyl (C=O) groups is 13. The van der Waals surface area contributed by atoms with E-state index in [2.05, 4.69) is 67.8 Å². The number of primary amides is 2. The number of carboxylic acids is 1. The molecule has 2 heterocycles. The monoisotopic (exact) mass is 1150 g/mol. The number of aliphatic hydroxyl groups excluding tert-OH is 2. The first-order valence-electron chi connectivity index (χ1n) is 25.6. The number of hydrogen-bond donors (Lipinski definition) is 16. The highest BCUT2D eigenvalue weighted by Crippen LogP contribution is 2.26. The van der Waals surface area contributed by atoms with E-state index < -0.39 is 168 Å². The van der Waals surface area contributed by atoms with E-state index in [1.807, 2.05) is 13.8 Å². The van der Waals surface area contributed by atoms with Gasteiger partial charge >= 0.3 is 5.97 Å². The molecular formula is C47H79N13O16S2. The highest BCUT2D eigenvalue weighted by Gasteiger charge is 2.45. The summed E-state index contributed by atoms with van der Waals surface area (Å²) >= 11 is 8.23. The summed E-state index contributed by atoms with van der Waals surface area (Å²) < 4.78 is 0. The van der Waals surface area contributed by atoms with E-state index in [1.54, 1.807) is 13.8 Å². The predicted molar refractivity (Wildman–Crippen MR) is 284 cm³/mol. The number of rotatable bonds is 32. The van der Waals surface area contributed by atoms with Crippen molar-refractivity contribution < 1.29 is 77.6 Å². The second kappa shape index (κ2) is 32.6. The van der Waals surface area contributed by atoms with E-state index in [0.717, 1.165) is 4.90 Å². The van der Waals surface area contributed by atoms with Crippen molar-refractivity contribution in [3.05, 3.63) is 0 Å². The van der Waals surface area contributed by atoms with Gasteiger partial charge in [-0.05, 0) is 64.2 Å². The highest BCUT2D eigenvalue weighted by atomic mass is 32.1. The van der Waals surface area contributed by atoms with Crippen molar-refractivity contribution in [2.45, 2.75) is 172 Å². The number of nitrogens with two attached hydrogens (primary N) is 3. The minimum Gasteiger partial charge on any atom is -0.480 e. The van der Waals surface area contributed by atoms with Gasteiger partial charge in [0, 0.05) is 31.0 Å². The van der Waals surface area contributed by atoms with Gasteiger partial charge in [0.25, 0.3) is 0 Å². The van der Waals surface area contributed by atoms with Crippen molar-refractivity contribution in [3.8, 4) is 0 Å². The molecule has 2 rings (SSSR count). The van der Waals surface area contributed by atoms with Gasteiger partial charge in [-0.3, -0.25) is 57.5 Å². The molecule has 0 aliphatic carbocycles. The van der Waals surface area contributed by atoms with Crippen molar-refractivity contribution in [2.75, 3.05) is 31.2 Å². The molecular weight excluding hydrogens is 1070 g/mol. The lowest BCUT2D eigenvalue weighted by Crippen LogP contribution is -2.62. The van der Waals surface area contributed by atoms with Crippen LogP contribution >= 0.6 is 25.3 Å². The molecule has 0 radical (unpaired) electrons. The predicted octanol–water partition coefficient (Wildman–Crippen LogP) is -6.26. The summed E-state index contributed by atoms with van der Waals surface area (Å²) in [5.41, 5.74) is 16.5. The van der Waals surface area contributed by atoms with Crippen LogP contribution in [0.2, 0.25) is 0 Å². The van der Waals surface area contributed by atoms with E-state index >= 15 is 0 Å². The number of hydrogen-bond acceptors (Lipinski definition) is 18. The number of carboxylic acid groups (broad SMARTS) is 1. The van der Waals surface area contributed by atoms with Crippen molar-refractivity contribution in [1.82, 2.24) is 52.3 Å². The van der Waals surface area contributed by atoms with Gasteiger partial charge in [0.05, 0.1) is 25.2 Å². The molecule has 0 aromatic heterocycles. The van der Waals surface area contributed by atoms with Crippen molar-refractivity contribution in [3.63, 3.8) is 0 Å². The lowest BCUT2D eigenvalue weighted by Gasteiger charge is -2.34. The first kappa shape index (κ1) is 67.8. The van der Waals surface area contributed by atoms with Gasteiger partial charge in [-0.2, -0.15) is 25.3 Å². The minimum absolute atomic E-state index is 0.0404. The average molecular weight is 1150 g/mol. The van der Waals surface area contributed by atoms with Gasteiger partial charge in [-0.15, -0.1) is 0 Å². The van der Waals surface area contributed by atoms with Gasteiger partial charge in [0.15, 0.2) is 0 Å². The Morgan fingerprint density at radius 1 is 0.603 bits per heavy atom. The molecule has 78 heavy (non-hydrogen) atoms. The molecule has 17 N–H and O–H groups in total. The second-order valence-electron chi connectivity index (χ2n) is 19.8. The SMILES string of the molecule is CC[C@H](C)[C@H](NC(=O)[C@@H]1CCCN1C(=O)[C@@H]1CCCN1C(=O)[C@H](CC(N)=O)NC(=O)[C@H](CO)NC(=O)[C@H](C)NC(=O)[C@@H](NC(=O)[C@H](CS)NC(=O)[C@@H](N)CC(C)C)[C@@H](C)O)C(=O)N[C@@H](CS)C(=O)N[C@@H](CCC(N)=O)C(=O)O. The van der Waals surface area contributed by atoms with Crippen molar-refractivity contribution >= 4 is 102 Å². The van der Waals surface area contributed by atoms with E-state index in [0.29, 0.717) is 19.3 Å². The van der Waals surface area contributed by atoms with Gasteiger partial charge in [0.2, 0.25) is 70.9 Å². The molecule has 2 aliphatic rings. The Hall–Kier alpha value is -6.31. The molecule has 0 unspecified atom stereocenters. The zero-order valence-electron chi connectivity index (χ0n) is 44.7. The third-order valence-electron chi connectivity index (χ3n) is 13.1. The van der Waals surface area contributed by atoms with Crippen LogP contribution in [-0.4, -0.2) is 206 Å². The Morgan fingerprint density at radius 3 is 1.62 bits per heavy atom. The van der Waals surface area contributed by atoms with Crippen molar-refractivity contribution in [2.24, 2.45) is 29.0 Å². The van der Waals surface area contributed by atoms with Crippen LogP contribution in [0.1, 0.15) is 99.3 Å². The van der Waals surface area contributed by atoms with E-state index in [-0.39, 0.29) is 62.6 Å². The van der Waals surface area contributed by atoms with E-state index in [1.165, 1.54) is 18.7 Å². The standard InChI is InChI=1S/C47H79N13O16S2/c1-7-22(4)35(43(71)56-29(19-77)40(68)52-26(47(75)76)12-13-33(49)63)57-42(70)31-10-8-14-59(31)46(74)32-11-9-15-60(32)45(73)27(17-34(50)64)53-39(67)28(18-61)54-37(65)23(5)51-44(72)36(24(6)62)58-41(69)30(20-78)55-38(66)25(48)16-21(2)3/h21-32,35-36,61-62,77-78H,7-20,48H2,1-6H3,(H2,49,63)(H2,50,64)(H,51,72)(H,52,68)(H,53,67)(H,54,65)(H,55,66)(H,56,71)(H,57,70)(H,58,69)(H,75,76)/t22-,23-,24+,25-,26-,27-,28-,29-,30-,31-,32-,35-,36-/m0/s1. The summed E-state index contributed by atoms with van der Waals surface area (Å²) in [5.74, 6) is -13.2. The topological polar surface area (TPSA) is 463 Å². The molecule has 31 heteroatoms. The Morgan fingerprint density at radius 2 is 1.10 bits per heavy atom. The van der Waals surface area contributed by atoms with Gasteiger partial charge in [-0.25, -0.2) is 4.79 Å². The number of thiol groups is 2. The summed E-state index contributed by atoms with van der Waals surface area (Å²) in [6.45, 7) is 8.39. The Balaban J connectivity index is 2.20. The molecule has 12 amide bonds. The number of nitrogens with zero attached hydrogens (tertiary/aromatic N) is 2. The quantitative estimate of drug-likeness (QED) is 0.0279. The van der Waals surface area contributed by atoms with Gasteiger partial charge in [0.1, 0.15) is 60.4 Å². The second-order valence-corrected chi connectivity index (χ2v) is 20.5. The lowest BCUT2D eigenvalue weighted by molar-refractivity contribution is -0.148. The zero-order chi connectivity index (χ0) is 59.3. The molecule has 0 spiro atoms. The smallest absolute Gasteiger partial charge is 0.326 e. The molecule has 2 fully saturated rings. The fourth-order valence-corrected chi connectivity index (χ4v) is 9.00. The van der Waals surface area contributed by atoms with Crippen LogP contribution in [-0.2, 0) is 62.3 Å². The van der Waals surface area contributed by atoms with Crippen LogP contribution in [0, 0.1) is 11.8 Å². The fraction of sp³-hybridized carbons (Fsp3) is 0.723. The molecule has 29 nitrogen and oxygen atoms in total. The Bertz CT molecular complexity index is 2190. The fourth-order valence-electron chi connectivity index (χ4n) is 8.49. The van der Waals surface area contributed by atoms with E-state index in [9.17, 15) is 77.6 Å². The lowest BCUT2D eigenvalue weighted by atomic mass is 9.97. The maximum atomic E-state index is 14.3. The summed E-state index contributed by atoms with van der Waals surface area (Å²) in [5, 5.41) is 49.1. The van der Waals surface area contributed by atoms with E-state index in [4.69, 9.17) is 17.2 Å². The van der Waals surface area contributed by atoms with Crippen LogP contribution in [0.5, 0.6) is 0 Å². The van der Waals surface area contributed by atoms with Gasteiger partial charge < -0.3 is 84.9 Å². The molecule has 0 aromatic carbocycles. The molecule has 440 valence electrons. The molecule has 0 saturated carbocycles. The number of nitrogens with one attached hydrogen (secondary N) is 8. The molecule has 0 bridgehead atoms. The first-order chi connectivity index (χ1) is 36.5. The maximum absolute atomic E-state index is 14.3. The Labute approximate surface area is 462 Å². The summed E-state index contributed by atoms with van der Waals surface area (Å²) in [7, 11) is 0. The van der Waals surface area contributed by atoms with Crippen LogP contribution in [0.4, 0.5) is 0 Å². The third-order valence-corrected chi connectivity index (χ3v) is 13.8. The zero-order valence-corrected chi connectivity index (χ0v) is 46.4. The van der Waals surface area contributed by atoms with Gasteiger partial charge in [-0.1, -0.05) is 34.1 Å².